The number of nitrogens with two attached hydrogens (primary N) is 1. The number of halogens is 1. The number of aromatic nitrogens is 1. The predicted octanol–water partition coefficient (Wildman–Crippen LogP) is 3.54. The Balaban J connectivity index is 1.75. The quantitative estimate of drug-likeness (QED) is 0.880. The van der Waals surface area contributed by atoms with Gasteiger partial charge in [0.2, 0.25) is 0 Å². The minimum atomic E-state index is 0.000861. The van der Waals surface area contributed by atoms with Crippen LogP contribution in [0, 0.1) is 5.92 Å². The molecule has 110 valence electrons. The smallest absolute Gasteiger partial charge is 0.0715 e. The lowest BCUT2D eigenvalue weighted by Crippen LogP contribution is -2.45. The zero-order chi connectivity index (χ0) is 14.0. The summed E-state index contributed by atoms with van der Waals surface area (Å²) in [7, 11) is 0. The average Bonchev–Trinajstić information content (AvgIpc) is 2.48. The van der Waals surface area contributed by atoms with Gasteiger partial charge in [-0.3, -0.25) is 4.98 Å². The third-order valence-electron chi connectivity index (χ3n) is 4.55. The van der Waals surface area contributed by atoms with E-state index in [-0.39, 0.29) is 11.6 Å². The standard InChI is InChI=1S/C15H21BrN2OS/c16-12-2-1-6-18-14(12)13(17)11-3-7-19-15(10-11)4-8-20-9-5-15/h1-2,6,11,13H,3-5,7-10,17H2. The van der Waals surface area contributed by atoms with E-state index < -0.39 is 0 Å². The van der Waals surface area contributed by atoms with Gasteiger partial charge in [-0.25, -0.2) is 0 Å². The molecule has 0 aromatic carbocycles. The fourth-order valence-corrected chi connectivity index (χ4v) is 5.09. The lowest BCUT2D eigenvalue weighted by Gasteiger charge is -2.44. The first-order valence-corrected chi connectivity index (χ1v) is 9.23. The van der Waals surface area contributed by atoms with Crippen LogP contribution in [-0.4, -0.2) is 28.7 Å². The van der Waals surface area contributed by atoms with E-state index in [0.717, 1.165) is 29.6 Å². The molecule has 2 fully saturated rings. The van der Waals surface area contributed by atoms with Crippen LogP contribution in [0.4, 0.5) is 0 Å². The maximum absolute atomic E-state index is 6.51. The Kier molecular flexibility index (Phi) is 4.70. The van der Waals surface area contributed by atoms with Gasteiger partial charge in [-0.2, -0.15) is 11.8 Å². The molecule has 3 nitrogen and oxygen atoms in total. The Hall–Kier alpha value is -0.100. The molecule has 2 saturated heterocycles. The Morgan fingerprint density at radius 1 is 1.45 bits per heavy atom. The van der Waals surface area contributed by atoms with Crippen LogP contribution in [0.5, 0.6) is 0 Å². The number of hydrogen-bond acceptors (Lipinski definition) is 4. The Morgan fingerprint density at radius 3 is 3.00 bits per heavy atom. The number of thioether (sulfide) groups is 1. The predicted molar refractivity (Wildman–Crippen MR) is 86.8 cm³/mol. The topological polar surface area (TPSA) is 48.1 Å². The first kappa shape index (κ1) is 14.8. The lowest BCUT2D eigenvalue weighted by atomic mass is 9.78. The van der Waals surface area contributed by atoms with Crippen LogP contribution in [0.2, 0.25) is 0 Å². The molecule has 5 heteroatoms. The van der Waals surface area contributed by atoms with Crippen molar-refractivity contribution in [1.82, 2.24) is 4.98 Å². The van der Waals surface area contributed by atoms with Crippen molar-refractivity contribution in [3.63, 3.8) is 0 Å². The Labute approximate surface area is 133 Å². The second kappa shape index (κ2) is 6.34. The van der Waals surface area contributed by atoms with Crippen molar-refractivity contribution in [2.45, 2.75) is 37.3 Å². The van der Waals surface area contributed by atoms with Crippen LogP contribution >= 0.6 is 27.7 Å². The molecule has 2 aliphatic rings. The highest BCUT2D eigenvalue weighted by Gasteiger charge is 2.41. The molecule has 0 radical (unpaired) electrons. The first-order chi connectivity index (χ1) is 9.70. The highest BCUT2D eigenvalue weighted by atomic mass is 79.9. The monoisotopic (exact) mass is 356 g/mol. The molecular weight excluding hydrogens is 336 g/mol. The molecule has 2 atom stereocenters. The van der Waals surface area contributed by atoms with Crippen LogP contribution < -0.4 is 5.73 Å². The van der Waals surface area contributed by atoms with E-state index in [9.17, 15) is 0 Å². The van der Waals surface area contributed by atoms with Crippen molar-refractivity contribution in [2.75, 3.05) is 18.1 Å². The number of ether oxygens (including phenoxy) is 1. The van der Waals surface area contributed by atoms with E-state index in [2.05, 4.69) is 20.9 Å². The summed E-state index contributed by atoms with van der Waals surface area (Å²) in [5.41, 5.74) is 7.58. The molecule has 0 aliphatic carbocycles. The largest absolute Gasteiger partial charge is 0.375 e. The van der Waals surface area contributed by atoms with Crippen molar-refractivity contribution < 1.29 is 4.74 Å². The first-order valence-electron chi connectivity index (χ1n) is 7.28. The maximum atomic E-state index is 6.51. The zero-order valence-corrected chi connectivity index (χ0v) is 14.0. The van der Waals surface area contributed by atoms with Crippen molar-refractivity contribution in [3.05, 3.63) is 28.5 Å². The molecule has 1 aromatic rings. The van der Waals surface area contributed by atoms with Crippen molar-refractivity contribution >= 4 is 27.7 Å². The summed E-state index contributed by atoms with van der Waals surface area (Å²) in [6.07, 6.45) is 6.29. The van der Waals surface area contributed by atoms with Crippen LogP contribution in [-0.2, 0) is 4.74 Å². The molecule has 0 saturated carbocycles. The van der Waals surface area contributed by atoms with E-state index in [1.807, 2.05) is 30.1 Å². The molecule has 20 heavy (non-hydrogen) atoms. The fourth-order valence-electron chi connectivity index (χ4n) is 3.33. The Morgan fingerprint density at radius 2 is 2.25 bits per heavy atom. The summed E-state index contributed by atoms with van der Waals surface area (Å²) >= 11 is 5.61. The summed E-state index contributed by atoms with van der Waals surface area (Å²) in [5.74, 6) is 2.91. The van der Waals surface area contributed by atoms with E-state index in [4.69, 9.17) is 10.5 Å². The summed E-state index contributed by atoms with van der Waals surface area (Å²) in [5, 5.41) is 0. The summed E-state index contributed by atoms with van der Waals surface area (Å²) in [4.78, 5) is 4.47. The molecule has 2 unspecified atom stereocenters. The van der Waals surface area contributed by atoms with Gasteiger partial charge in [0.15, 0.2) is 0 Å². The van der Waals surface area contributed by atoms with Gasteiger partial charge >= 0.3 is 0 Å². The fraction of sp³-hybridized carbons (Fsp3) is 0.667. The Bertz CT molecular complexity index is 459. The molecule has 3 heterocycles. The second-order valence-corrected chi connectivity index (χ2v) is 7.87. The van der Waals surface area contributed by atoms with Gasteiger partial charge in [-0.15, -0.1) is 0 Å². The molecule has 0 bridgehead atoms. The lowest BCUT2D eigenvalue weighted by molar-refractivity contribution is -0.106. The van der Waals surface area contributed by atoms with Gasteiger partial charge in [-0.05, 0) is 71.2 Å². The summed E-state index contributed by atoms with van der Waals surface area (Å²) in [6.45, 7) is 0.841. The van der Waals surface area contributed by atoms with E-state index in [0.29, 0.717) is 5.92 Å². The second-order valence-electron chi connectivity index (χ2n) is 5.79. The normalized spacial score (nSPS) is 27.4. The van der Waals surface area contributed by atoms with Gasteiger partial charge in [0, 0.05) is 17.3 Å². The highest BCUT2D eigenvalue weighted by molar-refractivity contribution is 9.10. The van der Waals surface area contributed by atoms with Crippen LogP contribution in [0.25, 0.3) is 0 Å². The van der Waals surface area contributed by atoms with Crippen molar-refractivity contribution in [3.8, 4) is 0 Å². The average molecular weight is 357 g/mol. The third-order valence-corrected chi connectivity index (χ3v) is 6.20. The zero-order valence-electron chi connectivity index (χ0n) is 11.6. The van der Waals surface area contributed by atoms with Crippen LogP contribution in [0.15, 0.2) is 22.8 Å². The molecular formula is C15H21BrN2OS. The molecule has 3 rings (SSSR count). The summed E-state index contributed by atoms with van der Waals surface area (Å²) in [6, 6.07) is 3.96. The molecule has 1 spiro atoms. The number of rotatable bonds is 2. The molecule has 1 aromatic heterocycles. The minimum Gasteiger partial charge on any atom is -0.375 e. The molecule has 2 aliphatic heterocycles. The molecule has 2 N–H and O–H groups in total. The van der Waals surface area contributed by atoms with Gasteiger partial charge < -0.3 is 10.5 Å². The van der Waals surface area contributed by atoms with Crippen LogP contribution in [0.1, 0.15) is 37.4 Å². The highest BCUT2D eigenvalue weighted by Crippen LogP contribution is 2.43. The van der Waals surface area contributed by atoms with E-state index in [1.165, 1.54) is 24.3 Å². The van der Waals surface area contributed by atoms with E-state index >= 15 is 0 Å². The number of nitrogens with zero attached hydrogens (tertiary/aromatic N) is 1. The number of hydrogen-bond donors (Lipinski definition) is 1. The minimum absolute atomic E-state index is 0.000861. The van der Waals surface area contributed by atoms with Gasteiger partial charge in [0.1, 0.15) is 0 Å². The number of pyridine rings is 1. The maximum Gasteiger partial charge on any atom is 0.0715 e. The van der Waals surface area contributed by atoms with Crippen LogP contribution in [0.3, 0.4) is 0 Å². The molecule has 0 amide bonds. The summed E-state index contributed by atoms with van der Waals surface area (Å²) < 4.78 is 7.17. The van der Waals surface area contributed by atoms with Crippen molar-refractivity contribution in [1.29, 1.82) is 0 Å². The third kappa shape index (κ3) is 3.06. The SMILES string of the molecule is NC(c1ncccc1Br)C1CCOC2(CCSCC2)C1. The van der Waals surface area contributed by atoms with Gasteiger partial charge in [0.25, 0.3) is 0 Å². The van der Waals surface area contributed by atoms with E-state index in [1.54, 1.807) is 0 Å². The van der Waals surface area contributed by atoms with Crippen molar-refractivity contribution in [2.24, 2.45) is 11.7 Å². The van der Waals surface area contributed by atoms with Gasteiger partial charge in [0.05, 0.1) is 17.3 Å². The van der Waals surface area contributed by atoms with Gasteiger partial charge in [-0.1, -0.05) is 0 Å².